The van der Waals surface area contributed by atoms with E-state index in [9.17, 15) is 22.8 Å². The Kier molecular flexibility index (Phi) is 5.79. The van der Waals surface area contributed by atoms with E-state index in [0.29, 0.717) is 6.29 Å². The molecule has 21 heavy (non-hydrogen) atoms. The van der Waals surface area contributed by atoms with Gasteiger partial charge in [0.05, 0.1) is 18.6 Å². The van der Waals surface area contributed by atoms with Gasteiger partial charge in [-0.05, 0) is 30.3 Å². The molecule has 0 atom stereocenters. The molecule has 1 rings (SSSR count). The van der Waals surface area contributed by atoms with Crippen molar-refractivity contribution in [3.63, 3.8) is 0 Å². The third-order valence-corrected chi connectivity index (χ3v) is 3.29. The lowest BCUT2D eigenvalue weighted by Crippen LogP contribution is -2.12. The zero-order chi connectivity index (χ0) is 16.0. The van der Waals surface area contributed by atoms with Crippen LogP contribution >= 0.6 is 11.8 Å². The molecule has 1 aromatic carbocycles. The fourth-order valence-corrected chi connectivity index (χ4v) is 2.38. The molecule has 4 nitrogen and oxygen atoms in total. The normalized spacial score (nSPS) is 10.8. The number of hydrogen-bond donors (Lipinski definition) is 0. The smallest absolute Gasteiger partial charge is 0.446 e. The maximum atomic E-state index is 12.6. The Morgan fingerprint density at radius 3 is 2.62 bits per heavy atom. The van der Waals surface area contributed by atoms with E-state index < -0.39 is 34.6 Å². The summed E-state index contributed by atoms with van der Waals surface area (Å²) in [6, 6.07) is 3.95. The van der Waals surface area contributed by atoms with Gasteiger partial charge in [-0.25, -0.2) is 0 Å². The highest BCUT2D eigenvalue weighted by Crippen LogP contribution is 2.41. The van der Waals surface area contributed by atoms with Crippen LogP contribution in [-0.4, -0.2) is 24.4 Å². The molecular weight excluding hydrogens is 307 g/mol. The van der Waals surface area contributed by atoms with Crippen molar-refractivity contribution in [2.75, 3.05) is 6.61 Å². The van der Waals surface area contributed by atoms with Gasteiger partial charge in [0, 0.05) is 10.5 Å². The number of hydrogen-bond acceptors (Lipinski definition) is 5. The van der Waals surface area contributed by atoms with Gasteiger partial charge in [-0.1, -0.05) is 6.07 Å². The Bertz CT molecular complexity index is 594. The topological polar surface area (TPSA) is 67.2 Å². The molecule has 0 heterocycles. The minimum Gasteiger partial charge on any atom is -0.466 e. The number of nitrogens with zero attached hydrogens (tertiary/aromatic N) is 1. The largest absolute Gasteiger partial charge is 0.466 e. The second kappa shape index (κ2) is 7.13. The number of carbonyl (C=O) groups is 2. The summed E-state index contributed by atoms with van der Waals surface area (Å²) in [5.74, 6) is -0.764. The van der Waals surface area contributed by atoms with Gasteiger partial charge in [0.25, 0.3) is 0 Å². The molecule has 0 N–H and O–H groups in total. The summed E-state index contributed by atoms with van der Waals surface area (Å²) in [4.78, 5) is 22.0. The van der Waals surface area contributed by atoms with E-state index in [4.69, 9.17) is 5.26 Å². The SMILES string of the molecule is CCOC(=O)Cc1c(C=O)ccc(C#N)c1SC(F)(F)F. The van der Waals surface area contributed by atoms with Gasteiger partial charge < -0.3 is 4.74 Å². The quantitative estimate of drug-likeness (QED) is 0.474. The van der Waals surface area contributed by atoms with Gasteiger partial charge in [-0.3, -0.25) is 9.59 Å². The fraction of sp³-hybridized carbons (Fsp3) is 0.308. The second-order valence-corrected chi connectivity index (χ2v) is 4.84. The van der Waals surface area contributed by atoms with E-state index in [0.717, 1.165) is 6.07 Å². The Hall–Kier alpha value is -2.01. The maximum Gasteiger partial charge on any atom is 0.446 e. The molecule has 0 fully saturated rings. The first kappa shape index (κ1) is 17.0. The van der Waals surface area contributed by atoms with Crippen molar-refractivity contribution in [2.45, 2.75) is 23.7 Å². The van der Waals surface area contributed by atoms with Crippen LogP contribution in [0.25, 0.3) is 0 Å². The standard InChI is InChI=1S/C13H10F3NO3S/c1-2-20-11(19)5-10-9(7-18)4-3-8(6-17)12(10)21-13(14,15)16/h3-4,7H,2,5H2,1H3. The fourth-order valence-electron chi connectivity index (χ4n) is 1.61. The first-order chi connectivity index (χ1) is 9.82. The van der Waals surface area contributed by atoms with Crippen molar-refractivity contribution in [3.8, 4) is 6.07 Å². The predicted octanol–water partition coefficient (Wildman–Crippen LogP) is 3.09. The molecule has 0 aliphatic carbocycles. The van der Waals surface area contributed by atoms with Crippen molar-refractivity contribution in [1.29, 1.82) is 5.26 Å². The number of esters is 1. The van der Waals surface area contributed by atoms with Gasteiger partial charge in [-0.2, -0.15) is 18.4 Å². The van der Waals surface area contributed by atoms with Crippen molar-refractivity contribution < 1.29 is 27.5 Å². The highest BCUT2D eigenvalue weighted by Gasteiger charge is 2.33. The number of benzene rings is 1. The zero-order valence-electron chi connectivity index (χ0n) is 10.9. The number of rotatable bonds is 5. The van der Waals surface area contributed by atoms with Crippen molar-refractivity contribution in [3.05, 3.63) is 28.8 Å². The van der Waals surface area contributed by atoms with Gasteiger partial charge in [0.2, 0.25) is 0 Å². The van der Waals surface area contributed by atoms with E-state index in [1.165, 1.54) is 6.07 Å². The van der Waals surface area contributed by atoms with Crippen LogP contribution in [0.2, 0.25) is 0 Å². The van der Waals surface area contributed by atoms with Gasteiger partial charge >= 0.3 is 11.5 Å². The maximum absolute atomic E-state index is 12.6. The lowest BCUT2D eigenvalue weighted by atomic mass is 10.0. The van der Waals surface area contributed by atoms with E-state index in [-0.39, 0.29) is 23.3 Å². The molecule has 0 spiro atoms. The van der Waals surface area contributed by atoms with E-state index in [1.807, 2.05) is 0 Å². The van der Waals surface area contributed by atoms with Crippen LogP contribution in [0, 0.1) is 11.3 Å². The van der Waals surface area contributed by atoms with E-state index in [1.54, 1.807) is 13.0 Å². The van der Waals surface area contributed by atoms with Crippen molar-refractivity contribution in [2.24, 2.45) is 0 Å². The average Bonchev–Trinajstić information content (AvgIpc) is 2.39. The minimum absolute atomic E-state index is 0.0644. The Labute approximate surface area is 122 Å². The minimum atomic E-state index is -4.64. The molecule has 0 aliphatic rings. The number of ether oxygens (including phenoxy) is 1. The van der Waals surface area contributed by atoms with E-state index in [2.05, 4.69) is 4.74 Å². The molecule has 112 valence electrons. The van der Waals surface area contributed by atoms with Gasteiger partial charge in [-0.15, -0.1) is 0 Å². The number of nitriles is 1. The first-order valence-corrected chi connectivity index (χ1v) is 6.56. The summed E-state index contributed by atoms with van der Waals surface area (Å²) < 4.78 is 42.5. The van der Waals surface area contributed by atoms with Crippen molar-refractivity contribution >= 4 is 24.0 Å². The number of carbonyl (C=O) groups excluding carboxylic acids is 2. The Morgan fingerprint density at radius 1 is 1.48 bits per heavy atom. The van der Waals surface area contributed by atoms with E-state index >= 15 is 0 Å². The summed E-state index contributed by atoms with van der Waals surface area (Å²) >= 11 is -0.521. The van der Waals surface area contributed by atoms with Crippen LogP contribution in [0.5, 0.6) is 0 Å². The third-order valence-electron chi connectivity index (χ3n) is 2.39. The van der Waals surface area contributed by atoms with Gasteiger partial charge in [0.15, 0.2) is 0 Å². The molecule has 8 heteroatoms. The molecule has 0 saturated heterocycles. The molecule has 0 saturated carbocycles. The molecular formula is C13H10F3NO3S. The van der Waals surface area contributed by atoms with Crippen LogP contribution in [-0.2, 0) is 16.0 Å². The van der Waals surface area contributed by atoms with Crippen LogP contribution in [0.15, 0.2) is 17.0 Å². The average molecular weight is 317 g/mol. The third kappa shape index (κ3) is 4.79. The Balaban J connectivity index is 3.37. The monoisotopic (exact) mass is 317 g/mol. The number of alkyl halides is 3. The number of aldehydes is 1. The van der Waals surface area contributed by atoms with Crippen LogP contribution in [0.3, 0.4) is 0 Å². The molecule has 0 unspecified atom stereocenters. The van der Waals surface area contributed by atoms with Crippen LogP contribution in [0.4, 0.5) is 13.2 Å². The van der Waals surface area contributed by atoms with Crippen LogP contribution < -0.4 is 0 Å². The molecule has 0 aliphatic heterocycles. The summed E-state index contributed by atoms with van der Waals surface area (Å²) in [5, 5.41) is 8.91. The molecule has 0 bridgehead atoms. The summed E-state index contributed by atoms with van der Waals surface area (Å²) in [5.41, 5.74) is -5.11. The molecule has 0 amide bonds. The Morgan fingerprint density at radius 2 is 2.14 bits per heavy atom. The highest BCUT2D eigenvalue weighted by atomic mass is 32.2. The molecule has 0 aromatic heterocycles. The number of thioether (sulfide) groups is 1. The molecule has 0 radical (unpaired) electrons. The lowest BCUT2D eigenvalue weighted by Gasteiger charge is -2.14. The highest BCUT2D eigenvalue weighted by molar-refractivity contribution is 8.00. The summed E-state index contributed by atoms with van der Waals surface area (Å²) in [6.07, 6.45) is -0.161. The number of halogens is 3. The lowest BCUT2D eigenvalue weighted by molar-refractivity contribution is -0.142. The second-order valence-electron chi connectivity index (χ2n) is 3.77. The summed E-state index contributed by atoms with van der Waals surface area (Å²) in [6.45, 7) is 1.62. The zero-order valence-corrected chi connectivity index (χ0v) is 11.7. The van der Waals surface area contributed by atoms with Crippen molar-refractivity contribution in [1.82, 2.24) is 0 Å². The van der Waals surface area contributed by atoms with Gasteiger partial charge in [0.1, 0.15) is 12.4 Å². The van der Waals surface area contributed by atoms with Crippen LogP contribution in [0.1, 0.15) is 28.4 Å². The molecule has 1 aromatic rings. The summed E-state index contributed by atoms with van der Waals surface area (Å²) in [7, 11) is 0. The predicted molar refractivity (Wildman–Crippen MR) is 68.8 cm³/mol. The first-order valence-electron chi connectivity index (χ1n) is 5.74.